The van der Waals surface area contributed by atoms with Gasteiger partial charge in [-0.15, -0.1) is 0 Å². The lowest BCUT2D eigenvalue weighted by Crippen LogP contribution is -1.95. The van der Waals surface area contributed by atoms with Crippen molar-refractivity contribution in [3.8, 4) is 0 Å². The van der Waals surface area contributed by atoms with Crippen molar-refractivity contribution in [2.45, 2.75) is 34.6 Å². The largest absolute Gasteiger partial charge is 0.399 e. The molecule has 0 aliphatic rings. The van der Waals surface area contributed by atoms with Gasteiger partial charge in [-0.1, -0.05) is 46.9 Å². The van der Waals surface area contributed by atoms with Crippen LogP contribution in [0, 0.1) is 0 Å². The second kappa shape index (κ2) is 16.5. The maximum Gasteiger partial charge on any atom is 0.0337 e. The van der Waals surface area contributed by atoms with Crippen LogP contribution in [-0.2, 0) is 0 Å². The highest BCUT2D eigenvalue weighted by Gasteiger charge is 1.83. The molecule has 12 heavy (non-hydrogen) atoms. The maximum atomic E-state index is 5.42. The van der Waals surface area contributed by atoms with Gasteiger partial charge >= 0.3 is 0 Å². The summed E-state index contributed by atoms with van der Waals surface area (Å²) in [6.45, 7) is 17.0. The summed E-state index contributed by atoms with van der Waals surface area (Å²) in [6, 6.07) is 0. The van der Waals surface area contributed by atoms with E-state index in [1.54, 1.807) is 12.2 Å². The van der Waals surface area contributed by atoms with Crippen molar-refractivity contribution in [3.63, 3.8) is 0 Å². The minimum Gasteiger partial charge on any atom is -0.399 e. The van der Waals surface area contributed by atoms with Gasteiger partial charge < -0.3 is 5.73 Å². The summed E-state index contributed by atoms with van der Waals surface area (Å²) < 4.78 is 0. The van der Waals surface area contributed by atoms with Crippen molar-refractivity contribution in [1.82, 2.24) is 0 Å². The Hall–Kier alpha value is -0.980. The van der Waals surface area contributed by atoms with Gasteiger partial charge in [0, 0.05) is 5.70 Å². The van der Waals surface area contributed by atoms with Crippen LogP contribution in [-0.4, -0.2) is 0 Å². The van der Waals surface area contributed by atoms with E-state index in [0.29, 0.717) is 5.70 Å². The molecule has 0 fully saturated rings. The Bertz CT molecular complexity index is 132. The summed E-state index contributed by atoms with van der Waals surface area (Å²) >= 11 is 0. The SMILES string of the molecule is C=C/C=C(/N)C(=C)C.CC.CC. The topological polar surface area (TPSA) is 26.0 Å². The van der Waals surface area contributed by atoms with Gasteiger partial charge in [0.25, 0.3) is 0 Å². The van der Waals surface area contributed by atoms with Crippen molar-refractivity contribution < 1.29 is 0 Å². The zero-order valence-electron chi connectivity index (χ0n) is 9.15. The molecule has 0 aromatic rings. The zero-order chi connectivity index (χ0) is 10.6. The third-order valence-corrected chi connectivity index (χ3v) is 0.790. The number of allylic oxidation sites excluding steroid dienone is 3. The minimum absolute atomic E-state index is 0.694. The molecule has 72 valence electrons. The van der Waals surface area contributed by atoms with Gasteiger partial charge in [0.2, 0.25) is 0 Å². The molecule has 0 heterocycles. The summed E-state index contributed by atoms with van der Waals surface area (Å²) in [5.41, 5.74) is 6.99. The first-order valence-corrected chi connectivity index (χ1v) is 4.42. The van der Waals surface area contributed by atoms with Crippen LogP contribution in [0.4, 0.5) is 0 Å². The van der Waals surface area contributed by atoms with Gasteiger partial charge in [-0.2, -0.15) is 0 Å². The van der Waals surface area contributed by atoms with E-state index in [4.69, 9.17) is 5.73 Å². The molecule has 0 aromatic carbocycles. The Balaban J connectivity index is -0.000000175. The summed E-state index contributed by atoms with van der Waals surface area (Å²) in [5.74, 6) is 0. The predicted molar refractivity (Wildman–Crippen MR) is 60.0 cm³/mol. The third-order valence-electron chi connectivity index (χ3n) is 0.790. The molecular weight excluding hydrogens is 146 g/mol. The quantitative estimate of drug-likeness (QED) is 0.627. The molecule has 0 amide bonds. The lowest BCUT2D eigenvalue weighted by atomic mass is 10.2. The van der Waals surface area contributed by atoms with Crippen LogP contribution in [0.2, 0.25) is 0 Å². The van der Waals surface area contributed by atoms with Gasteiger partial charge in [-0.05, 0) is 18.6 Å². The number of nitrogens with two attached hydrogens (primary N) is 1. The second-order valence-electron chi connectivity index (χ2n) is 1.64. The zero-order valence-corrected chi connectivity index (χ0v) is 9.15. The first kappa shape index (κ1) is 17.2. The van der Waals surface area contributed by atoms with Crippen LogP contribution in [0.1, 0.15) is 34.6 Å². The van der Waals surface area contributed by atoms with E-state index in [-0.39, 0.29) is 0 Å². The molecule has 0 saturated carbocycles. The fraction of sp³-hybridized carbons (Fsp3) is 0.455. The standard InChI is InChI=1S/C7H11N.2C2H6/c1-4-5-7(8)6(2)3;2*1-2/h4-5H,1-2,8H2,3H3;2*1-2H3/b7-5+;;. The van der Waals surface area contributed by atoms with Gasteiger partial charge in [-0.3, -0.25) is 0 Å². The molecule has 0 atom stereocenters. The predicted octanol–water partition coefficient (Wildman–Crippen LogP) is 3.64. The number of hydrogen-bond acceptors (Lipinski definition) is 1. The molecule has 0 rings (SSSR count). The molecule has 0 aliphatic carbocycles. The molecule has 1 heteroatoms. The first-order chi connectivity index (χ1) is 5.68. The van der Waals surface area contributed by atoms with E-state index in [2.05, 4.69) is 13.2 Å². The van der Waals surface area contributed by atoms with Crippen LogP contribution in [0.15, 0.2) is 36.6 Å². The third kappa shape index (κ3) is 16.0. The second-order valence-corrected chi connectivity index (χ2v) is 1.64. The fourth-order valence-corrected chi connectivity index (χ4v) is 0.269. The lowest BCUT2D eigenvalue weighted by molar-refractivity contribution is 1.31. The Labute approximate surface area is 77.7 Å². The average molecular weight is 169 g/mol. The smallest absolute Gasteiger partial charge is 0.0337 e. The van der Waals surface area contributed by atoms with Crippen molar-refractivity contribution in [2.75, 3.05) is 0 Å². The summed E-state index contributed by atoms with van der Waals surface area (Å²) in [4.78, 5) is 0. The van der Waals surface area contributed by atoms with Crippen LogP contribution in [0.5, 0.6) is 0 Å². The van der Waals surface area contributed by atoms with Crippen molar-refractivity contribution in [3.05, 3.63) is 36.6 Å². The number of hydrogen-bond donors (Lipinski definition) is 1. The van der Waals surface area contributed by atoms with Crippen molar-refractivity contribution in [2.24, 2.45) is 5.73 Å². The van der Waals surface area contributed by atoms with Gasteiger partial charge in [0.1, 0.15) is 0 Å². The van der Waals surface area contributed by atoms with E-state index >= 15 is 0 Å². The Morgan fingerprint density at radius 3 is 1.58 bits per heavy atom. The van der Waals surface area contributed by atoms with Gasteiger partial charge in [-0.25, -0.2) is 0 Å². The van der Waals surface area contributed by atoms with Crippen LogP contribution >= 0.6 is 0 Å². The van der Waals surface area contributed by atoms with E-state index in [1.165, 1.54) is 0 Å². The molecule has 0 radical (unpaired) electrons. The Morgan fingerprint density at radius 2 is 1.50 bits per heavy atom. The maximum absolute atomic E-state index is 5.42. The van der Waals surface area contributed by atoms with Crippen LogP contribution in [0.3, 0.4) is 0 Å². The number of rotatable bonds is 2. The van der Waals surface area contributed by atoms with E-state index in [1.807, 2.05) is 34.6 Å². The van der Waals surface area contributed by atoms with Gasteiger partial charge in [0.15, 0.2) is 0 Å². The van der Waals surface area contributed by atoms with Crippen LogP contribution < -0.4 is 5.73 Å². The molecule has 0 spiro atoms. The van der Waals surface area contributed by atoms with Crippen molar-refractivity contribution >= 4 is 0 Å². The van der Waals surface area contributed by atoms with Crippen LogP contribution in [0.25, 0.3) is 0 Å². The Kier molecular flexibility index (Phi) is 23.7. The fourth-order valence-electron chi connectivity index (χ4n) is 0.269. The average Bonchev–Trinajstić information content (AvgIpc) is 2.12. The normalized spacial score (nSPS) is 8.25. The molecule has 0 unspecified atom stereocenters. The van der Waals surface area contributed by atoms with E-state index in [0.717, 1.165) is 5.57 Å². The Morgan fingerprint density at radius 1 is 1.17 bits per heavy atom. The highest BCUT2D eigenvalue weighted by molar-refractivity contribution is 5.25. The summed E-state index contributed by atoms with van der Waals surface area (Å²) in [5, 5.41) is 0. The van der Waals surface area contributed by atoms with Crippen molar-refractivity contribution in [1.29, 1.82) is 0 Å². The van der Waals surface area contributed by atoms with Gasteiger partial charge in [0.05, 0.1) is 0 Å². The molecule has 1 nitrogen and oxygen atoms in total. The monoisotopic (exact) mass is 169 g/mol. The summed E-state index contributed by atoms with van der Waals surface area (Å²) in [6.07, 6.45) is 3.37. The van der Waals surface area contributed by atoms with E-state index in [9.17, 15) is 0 Å². The highest BCUT2D eigenvalue weighted by atomic mass is 14.6. The minimum atomic E-state index is 0.694. The highest BCUT2D eigenvalue weighted by Crippen LogP contribution is 1.96. The summed E-state index contributed by atoms with van der Waals surface area (Å²) in [7, 11) is 0. The van der Waals surface area contributed by atoms with E-state index < -0.39 is 0 Å². The lowest BCUT2D eigenvalue weighted by Gasteiger charge is -1.93. The molecule has 2 N–H and O–H groups in total. The molecule has 0 aliphatic heterocycles. The first-order valence-electron chi connectivity index (χ1n) is 4.42. The molecule has 0 aromatic heterocycles. The molecule has 0 saturated heterocycles. The molecular formula is C11H23N. The molecule has 0 bridgehead atoms.